The third-order valence-electron chi connectivity index (χ3n) is 5.74. The van der Waals surface area contributed by atoms with E-state index in [9.17, 15) is 50.6 Å². The van der Waals surface area contributed by atoms with Crippen LogP contribution in [0.25, 0.3) is 0 Å². The molecule has 43 heavy (non-hydrogen) atoms. The third-order valence-corrected chi connectivity index (χ3v) is 5.74. The van der Waals surface area contributed by atoms with Gasteiger partial charge in [-0.1, -0.05) is 30.3 Å². The summed E-state index contributed by atoms with van der Waals surface area (Å²) < 4.78 is 93.7. The van der Waals surface area contributed by atoms with Crippen LogP contribution in [-0.2, 0) is 38.0 Å². The van der Waals surface area contributed by atoms with Crippen LogP contribution in [0.15, 0.2) is 72.8 Å². The number of carbonyl (C=O) groups is 4. The molecule has 0 fully saturated rings. The number of amides is 1. The Bertz CT molecular complexity index is 1500. The molecule has 0 radical (unpaired) electrons. The first-order valence-corrected chi connectivity index (χ1v) is 12.0. The molecular formula is C28H21F6NO8. The van der Waals surface area contributed by atoms with Crippen LogP contribution in [0.1, 0.15) is 37.4 Å². The van der Waals surface area contributed by atoms with E-state index in [0.717, 1.165) is 24.3 Å². The second-order valence-electron chi connectivity index (χ2n) is 8.68. The molecule has 0 aliphatic carbocycles. The molecule has 9 nitrogen and oxygen atoms in total. The number of benzene rings is 3. The number of carboxylic acids is 1. The number of ether oxygens (including phenoxy) is 3. The molecule has 0 unspecified atom stereocenters. The molecule has 0 heterocycles. The van der Waals surface area contributed by atoms with Crippen LogP contribution in [0.5, 0.6) is 5.75 Å². The van der Waals surface area contributed by atoms with Crippen molar-refractivity contribution in [3.8, 4) is 5.75 Å². The van der Waals surface area contributed by atoms with Gasteiger partial charge in [0.1, 0.15) is 5.75 Å². The van der Waals surface area contributed by atoms with Crippen LogP contribution in [0.3, 0.4) is 0 Å². The number of aliphatic carboxylic acids is 1. The van der Waals surface area contributed by atoms with Crippen LogP contribution in [0, 0.1) is 0 Å². The summed E-state index contributed by atoms with van der Waals surface area (Å²) in [6.45, 7) is -0.339. The maximum atomic E-state index is 13.2. The molecular weight excluding hydrogens is 592 g/mol. The van der Waals surface area contributed by atoms with Gasteiger partial charge in [0, 0.05) is 12.1 Å². The van der Waals surface area contributed by atoms with Gasteiger partial charge in [-0.25, -0.2) is 14.4 Å². The zero-order chi connectivity index (χ0) is 31.9. The molecule has 0 saturated heterocycles. The highest BCUT2D eigenvalue weighted by Crippen LogP contribution is 2.31. The van der Waals surface area contributed by atoms with Gasteiger partial charge in [-0.15, -0.1) is 0 Å². The quantitative estimate of drug-likeness (QED) is 0.245. The standard InChI is InChI=1S/C28H21F6NO8/c1-41-20-11-3-2-6-17(20)14-35-23(36)21(42-25(39)15-7-4-9-18(12-15)27(29,30)31)22(24(37)38)43-26(40)16-8-5-10-19(13-16)28(32,33)34/h2-13,21-22H,14H2,1H3,(H,35,36)(H,37,38)/t21-,22+/m0/s1. The van der Waals surface area contributed by atoms with Crippen molar-refractivity contribution in [1.29, 1.82) is 0 Å². The van der Waals surface area contributed by atoms with E-state index in [0.29, 0.717) is 35.6 Å². The second-order valence-corrected chi connectivity index (χ2v) is 8.68. The molecule has 0 spiro atoms. The Morgan fingerprint density at radius 3 is 1.70 bits per heavy atom. The maximum Gasteiger partial charge on any atom is 0.416 e. The fourth-order valence-corrected chi connectivity index (χ4v) is 3.64. The first-order chi connectivity index (χ1) is 20.1. The van der Waals surface area contributed by atoms with Crippen LogP contribution in [-0.4, -0.2) is 48.2 Å². The molecule has 2 atom stereocenters. The van der Waals surface area contributed by atoms with E-state index in [1.54, 1.807) is 12.1 Å². The second kappa shape index (κ2) is 13.3. The van der Waals surface area contributed by atoms with E-state index >= 15 is 0 Å². The Hall–Kier alpha value is -5.08. The number of rotatable bonds is 10. The average molecular weight is 613 g/mol. The van der Waals surface area contributed by atoms with E-state index in [1.807, 2.05) is 0 Å². The number of hydrogen-bond donors (Lipinski definition) is 2. The minimum Gasteiger partial charge on any atom is -0.496 e. The Morgan fingerprint density at radius 1 is 0.744 bits per heavy atom. The van der Waals surface area contributed by atoms with Gasteiger partial charge in [0.2, 0.25) is 12.2 Å². The number of nitrogens with one attached hydrogen (secondary N) is 1. The third kappa shape index (κ3) is 8.47. The minimum atomic E-state index is -4.87. The molecule has 1 amide bonds. The number of hydrogen-bond acceptors (Lipinski definition) is 7. The molecule has 2 N–H and O–H groups in total. The molecule has 0 aliphatic heterocycles. The summed E-state index contributed by atoms with van der Waals surface area (Å²) in [5, 5.41) is 12.0. The lowest BCUT2D eigenvalue weighted by Crippen LogP contribution is -2.50. The van der Waals surface area contributed by atoms with Crippen LogP contribution in [0.4, 0.5) is 26.3 Å². The Labute approximate surface area is 239 Å². The normalized spacial score (nSPS) is 12.9. The lowest BCUT2D eigenvalue weighted by Gasteiger charge is -2.24. The van der Waals surface area contributed by atoms with E-state index in [-0.39, 0.29) is 6.54 Å². The lowest BCUT2D eigenvalue weighted by molar-refractivity contribution is -0.159. The first-order valence-electron chi connectivity index (χ1n) is 12.0. The fourth-order valence-electron chi connectivity index (χ4n) is 3.64. The van der Waals surface area contributed by atoms with Crippen molar-refractivity contribution in [2.24, 2.45) is 0 Å². The maximum absolute atomic E-state index is 13.2. The molecule has 0 aliphatic rings. The van der Waals surface area contributed by atoms with E-state index in [2.05, 4.69) is 5.32 Å². The Kier molecular flexibility index (Phi) is 10.0. The molecule has 0 aromatic heterocycles. The van der Waals surface area contributed by atoms with Crippen molar-refractivity contribution < 1.29 is 64.8 Å². The van der Waals surface area contributed by atoms with Gasteiger partial charge in [0.15, 0.2) is 0 Å². The van der Waals surface area contributed by atoms with E-state index in [1.165, 1.54) is 19.2 Å². The van der Waals surface area contributed by atoms with Gasteiger partial charge < -0.3 is 24.6 Å². The summed E-state index contributed by atoms with van der Waals surface area (Å²) in [7, 11) is 1.33. The molecule has 228 valence electrons. The van der Waals surface area contributed by atoms with Crippen molar-refractivity contribution in [1.82, 2.24) is 5.32 Å². The van der Waals surface area contributed by atoms with Gasteiger partial charge in [0.25, 0.3) is 5.91 Å². The fraction of sp³-hybridized carbons (Fsp3) is 0.214. The summed E-state index contributed by atoms with van der Waals surface area (Å²) in [5.74, 6) is -6.35. The van der Waals surface area contributed by atoms with Crippen LogP contribution < -0.4 is 10.1 Å². The number of carbonyl (C=O) groups excluding carboxylic acids is 3. The number of alkyl halides is 6. The monoisotopic (exact) mass is 613 g/mol. The highest BCUT2D eigenvalue weighted by Gasteiger charge is 2.41. The zero-order valence-electron chi connectivity index (χ0n) is 21.9. The van der Waals surface area contributed by atoms with Crippen molar-refractivity contribution in [2.45, 2.75) is 31.1 Å². The minimum absolute atomic E-state index is 0.297. The summed E-state index contributed by atoms with van der Waals surface area (Å²) in [4.78, 5) is 50.7. The molecule has 0 saturated carbocycles. The number of methoxy groups -OCH3 is 1. The van der Waals surface area contributed by atoms with Gasteiger partial charge in [-0.05, 0) is 42.5 Å². The lowest BCUT2D eigenvalue weighted by atomic mass is 10.1. The van der Waals surface area contributed by atoms with E-state index < -0.39 is 70.6 Å². The highest BCUT2D eigenvalue weighted by atomic mass is 19.4. The van der Waals surface area contributed by atoms with Gasteiger partial charge >= 0.3 is 30.3 Å². The van der Waals surface area contributed by atoms with E-state index in [4.69, 9.17) is 14.2 Å². The first kappa shape index (κ1) is 32.4. The Morgan fingerprint density at radius 2 is 1.23 bits per heavy atom. The molecule has 15 heteroatoms. The van der Waals surface area contributed by atoms with Crippen LogP contribution >= 0.6 is 0 Å². The molecule has 0 bridgehead atoms. The molecule has 3 rings (SSSR count). The average Bonchev–Trinajstić information content (AvgIpc) is 2.96. The molecule has 3 aromatic rings. The Balaban J connectivity index is 1.95. The van der Waals surface area contributed by atoms with Crippen molar-refractivity contribution in [2.75, 3.05) is 7.11 Å². The van der Waals surface area contributed by atoms with Gasteiger partial charge in [-0.2, -0.15) is 26.3 Å². The number of carboxylic acid groups (broad SMARTS) is 1. The largest absolute Gasteiger partial charge is 0.496 e. The molecule has 3 aromatic carbocycles. The number of para-hydroxylation sites is 1. The SMILES string of the molecule is COc1ccccc1CNC(=O)[C@@H](OC(=O)c1cccc(C(F)(F)F)c1)[C@@H](OC(=O)c1cccc(C(F)(F)F)c1)C(=O)O. The topological polar surface area (TPSA) is 128 Å². The van der Waals surface area contributed by atoms with Crippen molar-refractivity contribution in [3.05, 3.63) is 101 Å². The summed E-state index contributed by atoms with van der Waals surface area (Å²) >= 11 is 0. The smallest absolute Gasteiger partial charge is 0.416 e. The highest BCUT2D eigenvalue weighted by molar-refractivity contribution is 5.97. The van der Waals surface area contributed by atoms with Gasteiger partial charge in [-0.3, -0.25) is 4.79 Å². The number of esters is 2. The predicted molar refractivity (Wildman–Crippen MR) is 134 cm³/mol. The zero-order valence-corrected chi connectivity index (χ0v) is 21.9. The van der Waals surface area contributed by atoms with Crippen molar-refractivity contribution in [3.63, 3.8) is 0 Å². The predicted octanol–water partition coefficient (Wildman–Crippen LogP) is 4.88. The number of halogens is 6. The summed E-state index contributed by atoms with van der Waals surface area (Å²) in [6, 6.07) is 11.7. The van der Waals surface area contributed by atoms with Crippen molar-refractivity contribution >= 4 is 23.8 Å². The summed E-state index contributed by atoms with van der Waals surface area (Å²) in [6.07, 6.45) is -14.9. The van der Waals surface area contributed by atoms with Crippen LogP contribution in [0.2, 0.25) is 0 Å². The van der Waals surface area contributed by atoms with Gasteiger partial charge in [0.05, 0.1) is 29.4 Å². The summed E-state index contributed by atoms with van der Waals surface area (Å²) in [5.41, 5.74) is -3.64.